The van der Waals surface area contributed by atoms with Crippen LogP contribution in [0.25, 0.3) is 11.4 Å². The van der Waals surface area contributed by atoms with E-state index in [9.17, 15) is 9.59 Å². The lowest BCUT2D eigenvalue weighted by molar-refractivity contribution is 0.0956. The first-order chi connectivity index (χ1) is 15.0. The lowest BCUT2D eigenvalue weighted by Crippen LogP contribution is -2.39. The van der Waals surface area contributed by atoms with Crippen LogP contribution in [0.3, 0.4) is 0 Å². The molecular formula is C20H20N8O3. The molecule has 2 amide bonds. The Kier molecular flexibility index (Phi) is 4.50. The van der Waals surface area contributed by atoms with Gasteiger partial charge in [0, 0.05) is 43.6 Å². The van der Waals surface area contributed by atoms with Crippen LogP contribution >= 0.6 is 0 Å². The molecular weight excluding hydrogens is 400 g/mol. The lowest BCUT2D eigenvalue weighted by Gasteiger charge is -2.27. The Morgan fingerprint density at radius 1 is 1.32 bits per heavy atom. The number of fused-ring (bicyclic) bond motifs is 3. The Morgan fingerprint density at radius 2 is 2.19 bits per heavy atom. The highest BCUT2D eigenvalue weighted by atomic mass is 16.5. The van der Waals surface area contributed by atoms with Crippen LogP contribution in [-0.2, 0) is 0 Å². The first kappa shape index (κ1) is 19.0. The highest BCUT2D eigenvalue weighted by Crippen LogP contribution is 2.34. The van der Waals surface area contributed by atoms with E-state index >= 15 is 0 Å². The van der Waals surface area contributed by atoms with Crippen LogP contribution in [0.15, 0.2) is 35.0 Å². The number of nitrogens with two attached hydrogens (primary N) is 1. The van der Waals surface area contributed by atoms with Gasteiger partial charge in [0.25, 0.3) is 5.91 Å². The Hall–Kier alpha value is -4.02. The van der Waals surface area contributed by atoms with E-state index in [2.05, 4.69) is 30.3 Å². The molecule has 1 fully saturated rings. The number of benzene rings is 1. The zero-order valence-corrected chi connectivity index (χ0v) is 16.8. The molecule has 1 atom stereocenters. The molecule has 0 radical (unpaired) electrons. The van der Waals surface area contributed by atoms with Gasteiger partial charge in [-0.05, 0) is 25.0 Å². The van der Waals surface area contributed by atoms with Crippen LogP contribution in [0, 0.1) is 0 Å². The number of nitrogens with one attached hydrogen (secondary N) is 1. The smallest absolute Gasteiger partial charge is 0.316 e. The SMILES string of the molecule is CNc1ncc2c(n1)N1CCCC1CN(c1cccc(-c3noc(C(N)=O)n3)c1)C2=O. The molecule has 11 heteroatoms. The minimum Gasteiger partial charge on any atom is -0.361 e. The number of carbonyl (C=O) groups excluding carboxylic acids is 2. The van der Waals surface area contributed by atoms with Crippen molar-refractivity contribution in [3.05, 3.63) is 41.9 Å². The molecule has 1 unspecified atom stereocenters. The van der Waals surface area contributed by atoms with Crippen molar-refractivity contribution in [3.63, 3.8) is 0 Å². The third-order valence-electron chi connectivity index (χ3n) is 5.56. The molecule has 5 rings (SSSR count). The monoisotopic (exact) mass is 420 g/mol. The lowest BCUT2D eigenvalue weighted by atomic mass is 10.1. The first-order valence-electron chi connectivity index (χ1n) is 9.92. The summed E-state index contributed by atoms with van der Waals surface area (Å²) in [6.45, 7) is 1.37. The molecule has 11 nitrogen and oxygen atoms in total. The number of amides is 2. The summed E-state index contributed by atoms with van der Waals surface area (Å²) in [4.78, 5) is 41.5. The van der Waals surface area contributed by atoms with Crippen molar-refractivity contribution in [2.75, 3.05) is 35.3 Å². The molecule has 0 saturated carbocycles. The summed E-state index contributed by atoms with van der Waals surface area (Å²) < 4.78 is 4.89. The van der Waals surface area contributed by atoms with E-state index in [4.69, 9.17) is 10.3 Å². The predicted octanol–water partition coefficient (Wildman–Crippen LogP) is 1.30. The fourth-order valence-corrected chi connectivity index (χ4v) is 4.08. The highest BCUT2D eigenvalue weighted by Gasteiger charge is 2.37. The van der Waals surface area contributed by atoms with Crippen LogP contribution in [0.4, 0.5) is 17.5 Å². The molecule has 2 aliphatic rings. The van der Waals surface area contributed by atoms with Crippen molar-refractivity contribution in [1.82, 2.24) is 20.1 Å². The van der Waals surface area contributed by atoms with Crippen LogP contribution < -0.4 is 20.9 Å². The molecule has 158 valence electrons. The van der Waals surface area contributed by atoms with E-state index in [1.807, 2.05) is 6.07 Å². The molecule has 3 N–H and O–H groups in total. The fourth-order valence-electron chi connectivity index (χ4n) is 4.08. The summed E-state index contributed by atoms with van der Waals surface area (Å²) in [5.74, 6) is 0.137. The Balaban J connectivity index is 1.55. The average Bonchev–Trinajstić information content (AvgIpc) is 3.45. The number of aromatic nitrogens is 4. The maximum Gasteiger partial charge on any atom is 0.316 e. The standard InChI is InChI=1S/C20H20N8O3/c1-22-20-23-9-14-17(25-20)27-7-3-6-13(27)10-28(19(14)30)12-5-2-4-11(8-12)16-24-18(15(21)29)31-26-16/h2,4-5,8-9,13H,3,6-7,10H2,1H3,(H2,21,29)(H,22,23,25). The number of nitrogens with zero attached hydrogens (tertiary/aromatic N) is 6. The molecule has 1 aromatic carbocycles. The molecule has 2 aromatic heterocycles. The van der Waals surface area contributed by atoms with Crippen LogP contribution in [0.2, 0.25) is 0 Å². The van der Waals surface area contributed by atoms with Crippen LogP contribution in [0.5, 0.6) is 0 Å². The van der Waals surface area contributed by atoms with Gasteiger partial charge in [-0.3, -0.25) is 9.59 Å². The predicted molar refractivity (Wildman–Crippen MR) is 112 cm³/mol. The molecule has 3 aromatic rings. The molecule has 4 heterocycles. The Bertz CT molecular complexity index is 1180. The molecule has 2 aliphatic heterocycles. The van der Waals surface area contributed by atoms with Crippen molar-refractivity contribution in [2.24, 2.45) is 5.73 Å². The number of hydrogen-bond acceptors (Lipinski definition) is 9. The van der Waals surface area contributed by atoms with Gasteiger partial charge in [0.1, 0.15) is 11.4 Å². The van der Waals surface area contributed by atoms with E-state index in [1.54, 1.807) is 36.3 Å². The fraction of sp³-hybridized carbons (Fsp3) is 0.300. The third-order valence-corrected chi connectivity index (χ3v) is 5.56. The van der Waals surface area contributed by atoms with Gasteiger partial charge in [-0.25, -0.2) is 4.98 Å². The molecule has 1 saturated heterocycles. The zero-order valence-electron chi connectivity index (χ0n) is 16.8. The zero-order chi connectivity index (χ0) is 21.5. The largest absolute Gasteiger partial charge is 0.361 e. The van der Waals surface area contributed by atoms with Gasteiger partial charge in [0.2, 0.25) is 11.8 Å². The Labute approximate surface area is 177 Å². The van der Waals surface area contributed by atoms with E-state index < -0.39 is 5.91 Å². The second-order valence-electron chi connectivity index (χ2n) is 7.42. The minimum atomic E-state index is -0.795. The number of primary amides is 1. The minimum absolute atomic E-state index is 0.153. The van der Waals surface area contributed by atoms with Gasteiger partial charge in [-0.1, -0.05) is 17.3 Å². The summed E-state index contributed by atoms with van der Waals surface area (Å²) in [7, 11) is 1.75. The van der Waals surface area contributed by atoms with Gasteiger partial charge >= 0.3 is 11.8 Å². The van der Waals surface area contributed by atoms with Crippen molar-refractivity contribution in [2.45, 2.75) is 18.9 Å². The number of carbonyl (C=O) groups is 2. The van der Waals surface area contributed by atoms with Gasteiger partial charge < -0.3 is 25.4 Å². The van der Waals surface area contributed by atoms with E-state index in [1.165, 1.54) is 0 Å². The average molecular weight is 420 g/mol. The van der Waals surface area contributed by atoms with Crippen molar-refractivity contribution in [1.29, 1.82) is 0 Å². The Morgan fingerprint density at radius 3 is 2.97 bits per heavy atom. The van der Waals surface area contributed by atoms with Gasteiger partial charge in [0.05, 0.1) is 0 Å². The van der Waals surface area contributed by atoms with Gasteiger partial charge in [-0.15, -0.1) is 0 Å². The van der Waals surface area contributed by atoms with Crippen LogP contribution in [0.1, 0.15) is 33.9 Å². The third kappa shape index (κ3) is 3.23. The number of anilines is 3. The molecule has 31 heavy (non-hydrogen) atoms. The van der Waals surface area contributed by atoms with E-state index in [0.29, 0.717) is 35.1 Å². The topological polar surface area (TPSA) is 143 Å². The number of hydrogen-bond donors (Lipinski definition) is 2. The second kappa shape index (κ2) is 7.35. The first-order valence-corrected chi connectivity index (χ1v) is 9.92. The maximum atomic E-state index is 13.5. The summed E-state index contributed by atoms with van der Waals surface area (Å²) in [5, 5.41) is 6.76. The van der Waals surface area contributed by atoms with E-state index in [-0.39, 0.29) is 23.7 Å². The molecule has 0 bridgehead atoms. The summed E-state index contributed by atoms with van der Waals surface area (Å²) in [5.41, 5.74) is 6.95. The highest BCUT2D eigenvalue weighted by molar-refractivity contribution is 6.10. The quantitative estimate of drug-likeness (QED) is 0.638. The normalized spacial score (nSPS) is 17.8. The molecule has 0 aliphatic carbocycles. The number of rotatable bonds is 4. The summed E-state index contributed by atoms with van der Waals surface area (Å²) in [6.07, 6.45) is 3.57. The maximum absolute atomic E-state index is 13.5. The van der Waals surface area contributed by atoms with E-state index in [0.717, 1.165) is 19.4 Å². The van der Waals surface area contributed by atoms with Crippen molar-refractivity contribution >= 4 is 29.3 Å². The summed E-state index contributed by atoms with van der Waals surface area (Å²) in [6, 6.07) is 7.38. The van der Waals surface area contributed by atoms with Crippen molar-refractivity contribution in [3.8, 4) is 11.4 Å². The van der Waals surface area contributed by atoms with Gasteiger partial charge in [-0.2, -0.15) is 9.97 Å². The second-order valence-corrected chi connectivity index (χ2v) is 7.42. The van der Waals surface area contributed by atoms with Gasteiger partial charge in [0.15, 0.2) is 0 Å². The molecule has 0 spiro atoms. The van der Waals surface area contributed by atoms with Crippen molar-refractivity contribution < 1.29 is 14.1 Å². The summed E-state index contributed by atoms with van der Waals surface area (Å²) >= 11 is 0. The van der Waals surface area contributed by atoms with Crippen LogP contribution in [-0.4, -0.2) is 58.1 Å².